The maximum absolute atomic E-state index is 13.2. The van der Waals surface area contributed by atoms with Gasteiger partial charge in [-0.05, 0) is 36.6 Å². The number of nitrogens with zero attached hydrogens (tertiary/aromatic N) is 3. The first-order chi connectivity index (χ1) is 16.1. The van der Waals surface area contributed by atoms with Crippen LogP contribution in [0.25, 0.3) is 0 Å². The van der Waals surface area contributed by atoms with E-state index in [1.54, 1.807) is 19.6 Å². The molecule has 174 valence electrons. The molecule has 0 saturated heterocycles. The lowest BCUT2D eigenvalue weighted by Gasteiger charge is -2.25. The second-order valence-electron chi connectivity index (χ2n) is 8.41. The Labute approximate surface area is 195 Å². The van der Waals surface area contributed by atoms with Crippen LogP contribution in [0.15, 0.2) is 67.3 Å². The molecule has 0 saturated carbocycles. The fraction of sp³-hybridized carbons (Fsp3) is 0.385. The summed E-state index contributed by atoms with van der Waals surface area (Å²) in [6, 6.07) is 15.9. The topological polar surface area (TPSA) is 68.6 Å². The molecule has 2 atom stereocenters. The lowest BCUT2D eigenvalue weighted by atomic mass is 10.0. The molecule has 0 bridgehead atoms. The Morgan fingerprint density at radius 2 is 2.12 bits per heavy atom. The van der Waals surface area contributed by atoms with Crippen molar-refractivity contribution in [1.82, 2.24) is 19.8 Å². The highest BCUT2D eigenvalue weighted by molar-refractivity contribution is 5.78. The Hall–Kier alpha value is -3.32. The Balaban J connectivity index is 1.45. The van der Waals surface area contributed by atoms with Gasteiger partial charge in [-0.15, -0.1) is 0 Å². The molecule has 7 nitrogen and oxygen atoms in total. The lowest BCUT2D eigenvalue weighted by Crippen LogP contribution is -2.41. The quantitative estimate of drug-likeness (QED) is 0.539. The first-order valence-electron chi connectivity index (χ1n) is 11.5. The second kappa shape index (κ2) is 11.0. The zero-order valence-corrected chi connectivity index (χ0v) is 19.3. The third-order valence-electron chi connectivity index (χ3n) is 6.01. The minimum absolute atomic E-state index is 0.00989. The van der Waals surface area contributed by atoms with E-state index >= 15 is 0 Å². The summed E-state index contributed by atoms with van der Waals surface area (Å²) < 4.78 is 13.6. The van der Waals surface area contributed by atoms with Crippen molar-refractivity contribution in [3.63, 3.8) is 0 Å². The van der Waals surface area contributed by atoms with Crippen molar-refractivity contribution in [3.8, 4) is 11.5 Å². The van der Waals surface area contributed by atoms with Crippen LogP contribution in [0.5, 0.6) is 11.5 Å². The van der Waals surface area contributed by atoms with Gasteiger partial charge in [-0.1, -0.05) is 37.3 Å². The molecular weight excluding hydrogens is 416 g/mol. The number of carbonyl (C=O) groups excluding carboxylic acids is 1. The van der Waals surface area contributed by atoms with E-state index in [4.69, 9.17) is 9.47 Å². The third kappa shape index (κ3) is 6.14. The normalized spacial score (nSPS) is 16.8. The lowest BCUT2D eigenvalue weighted by molar-refractivity contribution is -0.123. The number of aromatic nitrogens is 2. The Morgan fingerprint density at radius 3 is 2.85 bits per heavy atom. The van der Waals surface area contributed by atoms with Crippen LogP contribution in [0.3, 0.4) is 0 Å². The molecular formula is C26H32N4O3. The first-order valence-corrected chi connectivity index (χ1v) is 11.5. The minimum atomic E-state index is -0.0707. The molecule has 1 N–H and O–H groups in total. The number of hydrogen-bond donors (Lipinski definition) is 1. The number of rotatable bonds is 9. The predicted octanol–water partition coefficient (Wildman–Crippen LogP) is 3.81. The Kier molecular flexibility index (Phi) is 7.62. The van der Waals surface area contributed by atoms with Crippen molar-refractivity contribution in [1.29, 1.82) is 0 Å². The molecule has 2 aromatic carbocycles. The van der Waals surface area contributed by atoms with Gasteiger partial charge in [0.1, 0.15) is 17.6 Å². The smallest absolute Gasteiger partial charge is 0.234 e. The zero-order valence-electron chi connectivity index (χ0n) is 19.3. The molecule has 1 aromatic heterocycles. The van der Waals surface area contributed by atoms with Gasteiger partial charge in [0.25, 0.3) is 0 Å². The summed E-state index contributed by atoms with van der Waals surface area (Å²) in [7, 11) is 1.66. The summed E-state index contributed by atoms with van der Waals surface area (Å²) in [5.41, 5.74) is 2.14. The second-order valence-corrected chi connectivity index (χ2v) is 8.41. The van der Waals surface area contributed by atoms with Gasteiger partial charge in [0.15, 0.2) is 0 Å². The molecule has 7 heteroatoms. The van der Waals surface area contributed by atoms with E-state index in [1.807, 2.05) is 47.2 Å². The van der Waals surface area contributed by atoms with Crippen LogP contribution in [-0.4, -0.2) is 46.7 Å². The molecule has 1 amide bonds. The highest BCUT2D eigenvalue weighted by atomic mass is 16.5. The molecule has 1 aliphatic rings. The van der Waals surface area contributed by atoms with Crippen molar-refractivity contribution < 1.29 is 14.3 Å². The summed E-state index contributed by atoms with van der Waals surface area (Å²) in [6.07, 6.45) is 7.22. The maximum Gasteiger partial charge on any atom is 0.234 e. The van der Waals surface area contributed by atoms with E-state index in [9.17, 15) is 4.79 Å². The first kappa shape index (κ1) is 22.9. The van der Waals surface area contributed by atoms with Gasteiger partial charge in [-0.3, -0.25) is 9.69 Å². The number of hydrogen-bond acceptors (Lipinski definition) is 5. The number of benzene rings is 2. The molecule has 0 aliphatic carbocycles. The summed E-state index contributed by atoms with van der Waals surface area (Å²) >= 11 is 0. The van der Waals surface area contributed by atoms with E-state index in [1.165, 1.54) is 0 Å². The standard InChI is InChI=1S/C26H32N4O3/c1-3-22-17-30(16-21-15-23(32-2)9-10-25(21)33-22)18-26(31)28-24(20-7-5-4-6-8-20)11-13-29-14-12-27-19-29/h4-10,12,14-15,19,22,24H,3,11,13,16-18H2,1-2H3,(H,28,31)/t22-,24+/m1/s1. The Morgan fingerprint density at radius 1 is 1.27 bits per heavy atom. The molecule has 33 heavy (non-hydrogen) atoms. The van der Waals surface area contributed by atoms with Gasteiger partial charge in [-0.25, -0.2) is 4.98 Å². The van der Waals surface area contributed by atoms with Crippen LogP contribution in [0.4, 0.5) is 0 Å². The van der Waals surface area contributed by atoms with E-state index in [-0.39, 0.29) is 18.1 Å². The number of aryl methyl sites for hydroxylation is 1. The third-order valence-corrected chi connectivity index (χ3v) is 6.01. The van der Waals surface area contributed by atoms with Crippen molar-refractivity contribution in [2.45, 2.75) is 45.0 Å². The van der Waals surface area contributed by atoms with Gasteiger partial charge in [-0.2, -0.15) is 0 Å². The van der Waals surface area contributed by atoms with Crippen molar-refractivity contribution in [3.05, 3.63) is 78.4 Å². The molecule has 1 aliphatic heterocycles. The average Bonchev–Trinajstić information content (AvgIpc) is 3.29. The minimum Gasteiger partial charge on any atom is -0.497 e. The van der Waals surface area contributed by atoms with Crippen LogP contribution in [-0.2, 0) is 17.9 Å². The number of methoxy groups -OCH3 is 1. The largest absolute Gasteiger partial charge is 0.497 e. The van der Waals surface area contributed by atoms with Gasteiger partial charge < -0.3 is 19.4 Å². The van der Waals surface area contributed by atoms with Gasteiger partial charge in [0, 0.05) is 37.6 Å². The Bertz CT molecular complexity index is 1020. The molecule has 4 rings (SSSR count). The highest BCUT2D eigenvalue weighted by Crippen LogP contribution is 2.29. The zero-order chi connectivity index (χ0) is 23.0. The fourth-order valence-electron chi connectivity index (χ4n) is 4.21. The van der Waals surface area contributed by atoms with E-state index in [2.05, 4.69) is 34.3 Å². The number of carbonyl (C=O) groups is 1. The number of amides is 1. The summed E-state index contributed by atoms with van der Waals surface area (Å²) in [5, 5.41) is 3.26. The van der Waals surface area contributed by atoms with E-state index in [0.29, 0.717) is 19.6 Å². The van der Waals surface area contributed by atoms with Crippen LogP contribution in [0.1, 0.15) is 36.9 Å². The summed E-state index contributed by atoms with van der Waals surface area (Å²) in [6.45, 7) is 4.54. The SMILES string of the molecule is CC[C@@H]1CN(CC(=O)N[C@@H](CCn2ccnc2)c2ccccc2)Cc2cc(OC)ccc2O1. The monoisotopic (exact) mass is 448 g/mol. The van der Waals surface area contributed by atoms with Crippen molar-refractivity contribution >= 4 is 5.91 Å². The average molecular weight is 449 g/mol. The van der Waals surface area contributed by atoms with Crippen LogP contribution >= 0.6 is 0 Å². The van der Waals surface area contributed by atoms with E-state index in [0.717, 1.165) is 42.0 Å². The molecule has 0 unspecified atom stereocenters. The van der Waals surface area contributed by atoms with Crippen molar-refractivity contribution in [2.75, 3.05) is 20.2 Å². The van der Waals surface area contributed by atoms with Crippen LogP contribution in [0.2, 0.25) is 0 Å². The highest BCUT2D eigenvalue weighted by Gasteiger charge is 2.25. The van der Waals surface area contributed by atoms with E-state index < -0.39 is 0 Å². The number of imidazole rings is 1. The van der Waals surface area contributed by atoms with Gasteiger partial charge >= 0.3 is 0 Å². The predicted molar refractivity (Wildman–Crippen MR) is 127 cm³/mol. The summed E-state index contributed by atoms with van der Waals surface area (Å²) in [4.78, 5) is 19.4. The van der Waals surface area contributed by atoms with Crippen LogP contribution in [0, 0.1) is 0 Å². The molecule has 0 radical (unpaired) electrons. The molecule has 0 fully saturated rings. The molecule has 0 spiro atoms. The van der Waals surface area contributed by atoms with Gasteiger partial charge in [0.2, 0.25) is 5.91 Å². The number of ether oxygens (including phenoxy) is 2. The summed E-state index contributed by atoms with van der Waals surface area (Å²) in [5.74, 6) is 1.67. The van der Waals surface area contributed by atoms with Crippen LogP contribution < -0.4 is 14.8 Å². The number of fused-ring (bicyclic) bond motifs is 1. The number of nitrogens with one attached hydrogen (secondary N) is 1. The van der Waals surface area contributed by atoms with Crippen molar-refractivity contribution in [2.24, 2.45) is 0 Å². The van der Waals surface area contributed by atoms with Gasteiger partial charge in [0.05, 0.1) is 26.0 Å². The maximum atomic E-state index is 13.2. The molecule has 2 heterocycles. The fourth-order valence-corrected chi connectivity index (χ4v) is 4.21. The molecule has 3 aromatic rings.